The number of hydrogen-bond acceptors (Lipinski definition) is 8. The Morgan fingerprint density at radius 1 is 0.981 bits per heavy atom. The first-order chi connectivity index (χ1) is 25.1. The lowest BCUT2D eigenvalue weighted by Crippen LogP contribution is -2.60. The molecule has 2 atom stereocenters. The number of benzene rings is 2. The second-order valence-electron chi connectivity index (χ2n) is 17.6. The van der Waals surface area contributed by atoms with Gasteiger partial charge in [0.25, 0.3) is 14.2 Å². The van der Waals surface area contributed by atoms with Crippen molar-refractivity contribution in [1.29, 1.82) is 0 Å². The summed E-state index contributed by atoms with van der Waals surface area (Å²) in [6, 6.07) is 10.2. The van der Waals surface area contributed by atoms with Crippen molar-refractivity contribution < 1.29 is 33.8 Å². The minimum atomic E-state index is -2.42. The Kier molecular flexibility index (Phi) is 13.3. The predicted octanol–water partition coefficient (Wildman–Crippen LogP) is 7.60. The number of nitrogens with zero attached hydrogens (tertiary/aromatic N) is 3. The van der Waals surface area contributed by atoms with Crippen LogP contribution in [-0.4, -0.2) is 81.9 Å². The van der Waals surface area contributed by atoms with Crippen molar-refractivity contribution in [2.45, 2.75) is 143 Å². The maximum Gasteiger partial charge on any atom is 0.408 e. The van der Waals surface area contributed by atoms with Gasteiger partial charge in [-0.3, -0.25) is 14.6 Å². The average molecular weight is 766 g/mol. The zero-order chi connectivity index (χ0) is 40.3. The third-order valence-electron chi connectivity index (χ3n) is 10.4. The molecular weight excluding hydrogens is 703 g/mol. The molecule has 13 heteroatoms. The number of aliphatic carboxylic acids is 1. The summed E-state index contributed by atoms with van der Waals surface area (Å²) in [6.45, 7) is 25.6. The number of hydrogen-bond donors (Lipinski definition) is 4. The quantitative estimate of drug-likeness (QED) is 0.122. The van der Waals surface area contributed by atoms with Crippen LogP contribution in [0.1, 0.15) is 100 Å². The van der Waals surface area contributed by atoms with Gasteiger partial charge in [-0.1, -0.05) is 67.5 Å². The number of aliphatic hydroxyl groups is 1. The summed E-state index contributed by atoms with van der Waals surface area (Å²) < 4.78 is 15.0. The normalized spacial score (nSPS) is 16.3. The molecule has 2 aromatic carbocycles. The van der Waals surface area contributed by atoms with E-state index < -0.39 is 44.0 Å². The highest BCUT2D eigenvalue weighted by Crippen LogP contribution is 2.44. The summed E-state index contributed by atoms with van der Waals surface area (Å²) in [5, 5.41) is 23.9. The van der Waals surface area contributed by atoms with Crippen LogP contribution < -0.4 is 15.2 Å². The molecule has 1 fully saturated rings. The molecule has 0 saturated carbocycles. The highest BCUT2D eigenvalue weighted by Gasteiger charge is 2.47. The number of aromatic nitrogens is 2. The fourth-order valence-corrected chi connectivity index (χ4v) is 13.1. The van der Waals surface area contributed by atoms with E-state index in [1.165, 1.54) is 5.01 Å². The minimum Gasteiger partial charge on any atom is -0.543 e. The van der Waals surface area contributed by atoms with E-state index in [9.17, 15) is 24.6 Å². The monoisotopic (exact) mass is 765 g/mol. The third kappa shape index (κ3) is 10.0. The van der Waals surface area contributed by atoms with E-state index in [2.05, 4.69) is 69.0 Å². The van der Waals surface area contributed by atoms with Crippen molar-refractivity contribution in [2.75, 3.05) is 13.2 Å². The third-order valence-corrected chi connectivity index (χ3v) is 16.4. The molecule has 12 nitrogen and oxygen atoms in total. The van der Waals surface area contributed by atoms with Crippen LogP contribution in [0.5, 0.6) is 5.75 Å². The molecular formula is C41H63N5O7Si. The van der Waals surface area contributed by atoms with E-state index in [0.717, 1.165) is 33.5 Å². The van der Waals surface area contributed by atoms with Gasteiger partial charge in [0.15, 0.2) is 0 Å². The molecule has 1 saturated heterocycles. The number of hydrazine groups is 1. The van der Waals surface area contributed by atoms with Gasteiger partial charge in [-0.15, -0.1) is 0 Å². The molecule has 2 heterocycles. The molecule has 298 valence electrons. The molecule has 3 aromatic rings. The Morgan fingerprint density at radius 2 is 1.63 bits per heavy atom. The Morgan fingerprint density at radius 3 is 2.20 bits per heavy atom. The van der Waals surface area contributed by atoms with Crippen LogP contribution in [0.4, 0.5) is 4.79 Å². The number of alkyl carbamates (subject to hydrolysis) is 1. The number of imidazole rings is 1. The van der Waals surface area contributed by atoms with Crippen LogP contribution >= 0.6 is 0 Å². The van der Waals surface area contributed by atoms with E-state index in [1.54, 1.807) is 20.8 Å². The number of rotatable bonds is 14. The number of aryl methyl sites for hydroxylation is 1. The van der Waals surface area contributed by atoms with E-state index in [-0.39, 0.29) is 18.4 Å². The van der Waals surface area contributed by atoms with E-state index >= 15 is 0 Å². The lowest BCUT2D eigenvalue weighted by Gasteiger charge is -2.42. The first-order valence-corrected chi connectivity index (χ1v) is 21.4. The Hall–Kier alpha value is -3.94. The topological polar surface area (TPSA) is 155 Å². The molecule has 0 radical (unpaired) electrons. The summed E-state index contributed by atoms with van der Waals surface area (Å²) in [5.41, 5.74) is 6.97. The van der Waals surface area contributed by atoms with Gasteiger partial charge in [0.2, 0.25) is 0 Å². The van der Waals surface area contributed by atoms with Crippen molar-refractivity contribution >= 4 is 37.3 Å². The Bertz CT molecular complexity index is 1790. The largest absolute Gasteiger partial charge is 0.543 e. The summed E-state index contributed by atoms with van der Waals surface area (Å²) in [5.74, 6) is 0.0541. The molecule has 0 aliphatic carbocycles. The summed E-state index contributed by atoms with van der Waals surface area (Å²) >= 11 is 0. The number of amides is 2. The number of carbonyl (C=O) groups is 3. The molecule has 4 N–H and O–H groups in total. The lowest BCUT2D eigenvalue weighted by atomic mass is 9.94. The molecule has 4 rings (SSSR count). The van der Waals surface area contributed by atoms with Crippen LogP contribution in [0.15, 0.2) is 36.4 Å². The number of nitrogens with one attached hydrogen (secondary N) is 2. The number of aliphatic hydroxyl groups excluding tert-OH is 1. The zero-order valence-electron chi connectivity index (χ0n) is 34.4. The maximum atomic E-state index is 14.2. The standard InChI is InChI=1S/C41H63N5O7Si/c1-25(2)54(26(3)4,27(5)6)53-32-19-29(18-31(21-32)30-15-16-33-36(22-30)45(28(7)42-33)23-41(11,12)24-47)20-35(43-39(51)52-40(8,9)10)37(48)46-17-13-14-34(44-46)38(49)50/h15-16,18-19,21-22,25-27,34-35,44,47H,13-14,17,20,23-24H2,1-12H3,(H,43,51)(H,49,50)/t34-,35-/m0/s1. The van der Waals surface area contributed by atoms with Gasteiger partial charge in [0.05, 0.1) is 11.0 Å². The van der Waals surface area contributed by atoms with Gasteiger partial charge in [0, 0.05) is 31.5 Å². The number of fused-ring (bicyclic) bond motifs is 1. The summed E-state index contributed by atoms with van der Waals surface area (Å²) in [4.78, 5) is 44.0. The van der Waals surface area contributed by atoms with Crippen LogP contribution in [0, 0.1) is 12.3 Å². The van der Waals surface area contributed by atoms with Gasteiger partial charge in [-0.05, 0) is 98.1 Å². The molecule has 54 heavy (non-hydrogen) atoms. The molecule has 1 aliphatic heterocycles. The number of carboxylic acid groups (broad SMARTS) is 1. The molecule has 0 spiro atoms. The van der Waals surface area contributed by atoms with E-state index in [4.69, 9.17) is 14.1 Å². The van der Waals surface area contributed by atoms with Gasteiger partial charge in [-0.25, -0.2) is 15.2 Å². The van der Waals surface area contributed by atoms with Crippen LogP contribution in [-0.2, 0) is 27.3 Å². The molecule has 0 bridgehead atoms. The average Bonchev–Trinajstić information content (AvgIpc) is 3.38. The SMILES string of the molecule is Cc1nc2ccc(-c3cc(C[C@H](NC(=O)OC(C)(C)C)C(=O)N4CCC[C@@H](C(=O)O)N4)cc(O[Si](C(C)C)(C(C)C)C(C)C)c3)cc2n1CC(C)(C)CO. The second kappa shape index (κ2) is 16.8. The molecule has 0 unspecified atom stereocenters. The Labute approximate surface area is 322 Å². The van der Waals surface area contributed by atoms with Crippen LogP contribution in [0.3, 0.4) is 0 Å². The van der Waals surface area contributed by atoms with Crippen molar-refractivity contribution in [1.82, 2.24) is 25.3 Å². The summed E-state index contributed by atoms with van der Waals surface area (Å²) in [7, 11) is -2.42. The number of ether oxygens (including phenoxy) is 1. The number of carboxylic acids is 1. The molecule has 2 amide bonds. The molecule has 1 aromatic heterocycles. The van der Waals surface area contributed by atoms with Crippen molar-refractivity contribution in [3.8, 4) is 16.9 Å². The first kappa shape index (κ1) is 42.8. The van der Waals surface area contributed by atoms with Crippen LogP contribution in [0.25, 0.3) is 22.2 Å². The minimum absolute atomic E-state index is 0.0306. The van der Waals surface area contributed by atoms with Gasteiger partial charge >= 0.3 is 12.1 Å². The fourth-order valence-electron chi connectivity index (χ4n) is 7.86. The van der Waals surface area contributed by atoms with Crippen molar-refractivity contribution in [2.24, 2.45) is 5.41 Å². The Balaban J connectivity index is 1.87. The molecule has 1 aliphatic rings. The maximum absolute atomic E-state index is 14.2. The highest BCUT2D eigenvalue weighted by atomic mass is 28.4. The van der Waals surface area contributed by atoms with Gasteiger partial charge in [0.1, 0.15) is 29.3 Å². The van der Waals surface area contributed by atoms with Crippen molar-refractivity contribution in [3.05, 3.63) is 47.8 Å². The highest BCUT2D eigenvalue weighted by molar-refractivity contribution is 6.78. The van der Waals surface area contributed by atoms with Gasteiger partial charge < -0.3 is 29.3 Å². The van der Waals surface area contributed by atoms with Gasteiger partial charge in [-0.2, -0.15) is 0 Å². The van der Waals surface area contributed by atoms with E-state index in [1.807, 2.05) is 45.0 Å². The number of carbonyl (C=O) groups excluding carboxylic acids is 2. The van der Waals surface area contributed by atoms with Crippen molar-refractivity contribution in [3.63, 3.8) is 0 Å². The fraction of sp³-hybridized carbons (Fsp3) is 0.610. The predicted molar refractivity (Wildman–Crippen MR) is 215 cm³/mol. The lowest BCUT2D eigenvalue weighted by molar-refractivity contribution is -0.147. The summed E-state index contributed by atoms with van der Waals surface area (Å²) in [6.07, 6.45) is 0.246. The van der Waals surface area contributed by atoms with E-state index in [0.29, 0.717) is 48.3 Å². The van der Waals surface area contributed by atoms with Crippen LogP contribution in [0.2, 0.25) is 16.6 Å². The smallest absolute Gasteiger partial charge is 0.408 e. The zero-order valence-corrected chi connectivity index (χ0v) is 35.4. The second-order valence-corrected chi connectivity index (χ2v) is 23.0. The first-order valence-electron chi connectivity index (χ1n) is 19.3.